The Morgan fingerprint density at radius 1 is 1.53 bits per heavy atom. The fourth-order valence-corrected chi connectivity index (χ4v) is 1.87. The van der Waals surface area contributed by atoms with Crippen molar-refractivity contribution in [2.75, 3.05) is 7.05 Å². The van der Waals surface area contributed by atoms with Gasteiger partial charge in [-0.3, -0.25) is 0 Å². The molecule has 0 spiro atoms. The molecule has 0 saturated carbocycles. The highest BCUT2D eigenvalue weighted by molar-refractivity contribution is 5.71. The molecule has 4 heteroatoms. The molecule has 0 amide bonds. The Morgan fingerprint density at radius 2 is 2.33 bits per heavy atom. The fourth-order valence-electron chi connectivity index (χ4n) is 1.87. The van der Waals surface area contributed by atoms with Gasteiger partial charge in [0.1, 0.15) is 5.82 Å². The molecule has 80 valence electrons. The van der Waals surface area contributed by atoms with Crippen LogP contribution in [0.25, 0.3) is 11.2 Å². The van der Waals surface area contributed by atoms with Crippen LogP contribution in [0.2, 0.25) is 0 Å². The molecule has 2 heterocycles. The summed E-state index contributed by atoms with van der Waals surface area (Å²) in [7, 11) is 3.99. The van der Waals surface area contributed by atoms with Gasteiger partial charge in [-0.1, -0.05) is 6.92 Å². The predicted octanol–water partition coefficient (Wildman–Crippen LogP) is 1.64. The number of hydrogen-bond acceptors (Lipinski definition) is 3. The van der Waals surface area contributed by atoms with Crippen molar-refractivity contribution in [3.63, 3.8) is 0 Å². The molecule has 0 aliphatic carbocycles. The molecule has 4 nitrogen and oxygen atoms in total. The van der Waals surface area contributed by atoms with E-state index in [9.17, 15) is 0 Å². The molecule has 0 aliphatic heterocycles. The van der Waals surface area contributed by atoms with E-state index in [2.05, 4.69) is 26.8 Å². The number of aryl methyl sites for hydroxylation is 1. The van der Waals surface area contributed by atoms with Crippen molar-refractivity contribution in [2.45, 2.75) is 19.4 Å². The Balaban J connectivity index is 2.57. The van der Waals surface area contributed by atoms with Crippen molar-refractivity contribution in [3.8, 4) is 0 Å². The molecule has 1 unspecified atom stereocenters. The van der Waals surface area contributed by atoms with Crippen LogP contribution in [0, 0.1) is 0 Å². The lowest BCUT2D eigenvalue weighted by atomic mass is 10.2. The molecule has 1 atom stereocenters. The van der Waals surface area contributed by atoms with Gasteiger partial charge in [-0.15, -0.1) is 0 Å². The van der Waals surface area contributed by atoms with Crippen LogP contribution in [0.5, 0.6) is 0 Å². The monoisotopic (exact) mass is 204 g/mol. The van der Waals surface area contributed by atoms with Gasteiger partial charge in [-0.25, -0.2) is 9.97 Å². The van der Waals surface area contributed by atoms with E-state index in [4.69, 9.17) is 0 Å². The zero-order valence-corrected chi connectivity index (χ0v) is 9.36. The minimum absolute atomic E-state index is 0.296. The van der Waals surface area contributed by atoms with Crippen molar-refractivity contribution in [1.29, 1.82) is 0 Å². The number of nitrogens with zero attached hydrogens (tertiary/aromatic N) is 3. The van der Waals surface area contributed by atoms with Crippen LogP contribution in [-0.4, -0.2) is 21.6 Å². The summed E-state index contributed by atoms with van der Waals surface area (Å²) in [4.78, 5) is 8.80. The van der Waals surface area contributed by atoms with Gasteiger partial charge >= 0.3 is 0 Å². The first kappa shape index (κ1) is 10.1. The van der Waals surface area contributed by atoms with Crippen LogP contribution in [0.1, 0.15) is 25.2 Å². The third-order valence-corrected chi connectivity index (χ3v) is 2.76. The molecular formula is C11H16N4. The normalized spacial score (nSPS) is 13.3. The number of hydrogen-bond donors (Lipinski definition) is 1. The third-order valence-electron chi connectivity index (χ3n) is 2.76. The molecule has 0 fully saturated rings. The summed E-state index contributed by atoms with van der Waals surface area (Å²) in [6, 6.07) is 4.28. The molecule has 0 aromatic carbocycles. The first-order valence-corrected chi connectivity index (χ1v) is 5.22. The molecule has 2 aromatic rings. The van der Waals surface area contributed by atoms with Crippen LogP contribution < -0.4 is 5.32 Å². The SMILES string of the molecule is CCC(NC)c1nc2ncccc2n1C. The van der Waals surface area contributed by atoms with E-state index >= 15 is 0 Å². The van der Waals surface area contributed by atoms with E-state index in [-0.39, 0.29) is 0 Å². The molecule has 2 rings (SSSR count). The Hall–Kier alpha value is -1.42. The number of pyridine rings is 1. The minimum Gasteiger partial charge on any atom is -0.328 e. The maximum absolute atomic E-state index is 4.54. The Bertz CT molecular complexity index is 457. The van der Waals surface area contributed by atoms with Gasteiger partial charge in [0.15, 0.2) is 5.65 Å². The van der Waals surface area contributed by atoms with E-state index in [1.807, 2.05) is 26.2 Å². The quantitative estimate of drug-likeness (QED) is 0.826. The topological polar surface area (TPSA) is 42.7 Å². The van der Waals surface area contributed by atoms with Crippen molar-refractivity contribution in [1.82, 2.24) is 19.9 Å². The lowest BCUT2D eigenvalue weighted by Crippen LogP contribution is -2.19. The highest BCUT2D eigenvalue weighted by Crippen LogP contribution is 2.19. The van der Waals surface area contributed by atoms with Crippen LogP contribution >= 0.6 is 0 Å². The van der Waals surface area contributed by atoms with Crippen molar-refractivity contribution in [3.05, 3.63) is 24.2 Å². The maximum Gasteiger partial charge on any atom is 0.177 e. The first-order chi connectivity index (χ1) is 7.27. The van der Waals surface area contributed by atoms with Gasteiger partial charge in [-0.05, 0) is 25.6 Å². The number of rotatable bonds is 3. The van der Waals surface area contributed by atoms with Crippen molar-refractivity contribution < 1.29 is 0 Å². The van der Waals surface area contributed by atoms with Crippen molar-refractivity contribution >= 4 is 11.2 Å². The summed E-state index contributed by atoms with van der Waals surface area (Å²) < 4.78 is 2.10. The van der Waals surface area contributed by atoms with Gasteiger partial charge in [-0.2, -0.15) is 0 Å². The predicted molar refractivity (Wildman–Crippen MR) is 60.6 cm³/mol. The van der Waals surface area contributed by atoms with Gasteiger partial charge in [0, 0.05) is 13.2 Å². The number of nitrogens with one attached hydrogen (secondary N) is 1. The van der Waals surface area contributed by atoms with Gasteiger partial charge in [0.2, 0.25) is 0 Å². The smallest absolute Gasteiger partial charge is 0.177 e. The van der Waals surface area contributed by atoms with E-state index < -0.39 is 0 Å². The number of aromatic nitrogens is 3. The van der Waals surface area contributed by atoms with Crippen LogP contribution in [-0.2, 0) is 7.05 Å². The second-order valence-electron chi connectivity index (χ2n) is 3.62. The first-order valence-electron chi connectivity index (χ1n) is 5.22. The second kappa shape index (κ2) is 3.98. The largest absolute Gasteiger partial charge is 0.328 e. The molecule has 15 heavy (non-hydrogen) atoms. The Morgan fingerprint density at radius 3 is 2.93 bits per heavy atom. The summed E-state index contributed by atoms with van der Waals surface area (Å²) in [5.74, 6) is 1.05. The zero-order valence-electron chi connectivity index (χ0n) is 9.36. The summed E-state index contributed by atoms with van der Waals surface area (Å²) in [5, 5.41) is 3.26. The van der Waals surface area contributed by atoms with E-state index in [1.165, 1.54) is 0 Å². The lowest BCUT2D eigenvalue weighted by molar-refractivity contribution is 0.529. The number of fused-ring (bicyclic) bond motifs is 1. The molecule has 0 radical (unpaired) electrons. The van der Waals surface area contributed by atoms with Gasteiger partial charge < -0.3 is 9.88 Å². The van der Waals surface area contributed by atoms with E-state index in [1.54, 1.807) is 6.20 Å². The molecule has 0 bridgehead atoms. The van der Waals surface area contributed by atoms with Crippen LogP contribution in [0.15, 0.2) is 18.3 Å². The third kappa shape index (κ3) is 1.61. The zero-order chi connectivity index (χ0) is 10.8. The molecule has 0 saturated heterocycles. The standard InChI is InChI=1S/C11H16N4/c1-4-8(12-2)11-14-10-9(15(11)3)6-5-7-13-10/h5-8,12H,4H2,1-3H3. The maximum atomic E-state index is 4.54. The lowest BCUT2D eigenvalue weighted by Gasteiger charge is -2.12. The summed E-state index contributed by atoms with van der Waals surface area (Å²) in [5.41, 5.74) is 1.91. The Kier molecular flexibility index (Phi) is 2.68. The molecular weight excluding hydrogens is 188 g/mol. The summed E-state index contributed by atoms with van der Waals surface area (Å²) >= 11 is 0. The summed E-state index contributed by atoms with van der Waals surface area (Å²) in [6.07, 6.45) is 2.80. The Labute approximate surface area is 89.3 Å². The minimum atomic E-state index is 0.296. The van der Waals surface area contributed by atoms with E-state index in [0.29, 0.717) is 6.04 Å². The number of imidazole rings is 1. The highest BCUT2D eigenvalue weighted by atomic mass is 15.1. The van der Waals surface area contributed by atoms with Crippen LogP contribution in [0.4, 0.5) is 0 Å². The summed E-state index contributed by atoms with van der Waals surface area (Å²) in [6.45, 7) is 2.15. The molecule has 0 aliphatic rings. The van der Waals surface area contributed by atoms with E-state index in [0.717, 1.165) is 23.4 Å². The highest BCUT2D eigenvalue weighted by Gasteiger charge is 2.15. The fraction of sp³-hybridized carbons (Fsp3) is 0.455. The average molecular weight is 204 g/mol. The van der Waals surface area contributed by atoms with Gasteiger partial charge in [0.05, 0.1) is 11.6 Å². The molecule has 1 N–H and O–H groups in total. The second-order valence-corrected chi connectivity index (χ2v) is 3.62. The van der Waals surface area contributed by atoms with Crippen molar-refractivity contribution in [2.24, 2.45) is 7.05 Å². The van der Waals surface area contributed by atoms with Gasteiger partial charge in [0.25, 0.3) is 0 Å². The molecule has 2 aromatic heterocycles. The average Bonchev–Trinajstić information content (AvgIpc) is 2.60. The van der Waals surface area contributed by atoms with Crippen LogP contribution in [0.3, 0.4) is 0 Å².